The van der Waals surface area contributed by atoms with E-state index in [4.69, 9.17) is 10.9 Å². The highest BCUT2D eigenvalue weighted by atomic mass is 16.4. The van der Waals surface area contributed by atoms with Crippen LogP contribution in [0, 0.1) is 6.92 Å². The smallest absolute Gasteiger partial charge is 0.251 e. The molecular weight excluding hydrogens is 208 g/mol. The number of aryl methyl sites for hydroxylation is 1. The maximum atomic E-state index is 8.53. The van der Waals surface area contributed by atoms with Crippen molar-refractivity contribution in [3.8, 4) is 5.95 Å². The fourth-order valence-corrected chi connectivity index (χ4v) is 1.18. The number of nitrogens with zero attached hydrogens (tertiary/aromatic N) is 5. The Bertz CT molecular complexity index is 532. The highest BCUT2D eigenvalue weighted by Gasteiger charge is 2.05. The Balaban J connectivity index is 2.43. The maximum Gasteiger partial charge on any atom is 0.251 e. The first-order valence-corrected chi connectivity index (χ1v) is 4.54. The molecule has 0 aliphatic heterocycles. The molecule has 0 aromatic carbocycles. The van der Waals surface area contributed by atoms with Crippen LogP contribution in [0.5, 0.6) is 0 Å². The SMILES string of the molecule is Cc1ccn(-c2nccc(/C(N)=N/O)n2)n1. The predicted octanol–water partition coefficient (Wildman–Crippen LogP) is 0.0652. The molecule has 0 bridgehead atoms. The van der Waals surface area contributed by atoms with Crippen molar-refractivity contribution >= 4 is 5.84 Å². The van der Waals surface area contributed by atoms with Gasteiger partial charge in [0, 0.05) is 12.4 Å². The molecule has 16 heavy (non-hydrogen) atoms. The van der Waals surface area contributed by atoms with Gasteiger partial charge in [0.05, 0.1) is 5.69 Å². The Hall–Kier alpha value is -2.44. The largest absolute Gasteiger partial charge is 0.409 e. The third-order valence-electron chi connectivity index (χ3n) is 1.94. The number of aromatic nitrogens is 4. The molecule has 2 rings (SSSR count). The van der Waals surface area contributed by atoms with Crippen LogP contribution in [-0.4, -0.2) is 30.8 Å². The second kappa shape index (κ2) is 3.97. The Morgan fingerprint density at radius 1 is 1.50 bits per heavy atom. The van der Waals surface area contributed by atoms with Crippen LogP contribution in [0.3, 0.4) is 0 Å². The monoisotopic (exact) mass is 218 g/mol. The third kappa shape index (κ3) is 1.83. The topological polar surface area (TPSA) is 102 Å². The van der Waals surface area contributed by atoms with Crippen LogP contribution in [0.4, 0.5) is 0 Å². The standard InChI is InChI=1S/C9H10N6O/c1-6-3-5-15(13-6)9-11-4-2-7(12-9)8(10)14-16/h2-5,16H,1H3,(H2,10,14). The van der Waals surface area contributed by atoms with E-state index in [1.54, 1.807) is 12.3 Å². The number of nitrogens with two attached hydrogens (primary N) is 1. The zero-order valence-electron chi connectivity index (χ0n) is 8.57. The Morgan fingerprint density at radius 3 is 2.94 bits per heavy atom. The van der Waals surface area contributed by atoms with Gasteiger partial charge in [0.2, 0.25) is 0 Å². The van der Waals surface area contributed by atoms with E-state index in [0.29, 0.717) is 11.6 Å². The van der Waals surface area contributed by atoms with Crippen LogP contribution in [0.1, 0.15) is 11.4 Å². The summed E-state index contributed by atoms with van der Waals surface area (Å²) in [6, 6.07) is 3.38. The molecule has 0 amide bonds. The van der Waals surface area contributed by atoms with E-state index >= 15 is 0 Å². The molecule has 3 N–H and O–H groups in total. The van der Waals surface area contributed by atoms with Crippen molar-refractivity contribution in [2.24, 2.45) is 10.9 Å². The van der Waals surface area contributed by atoms with Gasteiger partial charge < -0.3 is 10.9 Å². The fraction of sp³-hybridized carbons (Fsp3) is 0.111. The number of rotatable bonds is 2. The number of hydrogen-bond acceptors (Lipinski definition) is 5. The Morgan fingerprint density at radius 2 is 2.31 bits per heavy atom. The van der Waals surface area contributed by atoms with Gasteiger partial charge in [0.15, 0.2) is 5.84 Å². The summed E-state index contributed by atoms with van der Waals surface area (Å²) in [4.78, 5) is 8.14. The summed E-state index contributed by atoms with van der Waals surface area (Å²) in [6.45, 7) is 1.86. The molecule has 0 fully saturated rings. The lowest BCUT2D eigenvalue weighted by Gasteiger charge is -2.01. The molecule has 0 aliphatic carbocycles. The van der Waals surface area contributed by atoms with Gasteiger partial charge in [-0.25, -0.2) is 14.6 Å². The van der Waals surface area contributed by atoms with Crippen molar-refractivity contribution in [2.75, 3.05) is 0 Å². The van der Waals surface area contributed by atoms with Crippen molar-refractivity contribution in [1.29, 1.82) is 0 Å². The van der Waals surface area contributed by atoms with Gasteiger partial charge in [0.1, 0.15) is 5.69 Å². The van der Waals surface area contributed by atoms with Gasteiger partial charge in [-0.2, -0.15) is 5.10 Å². The van der Waals surface area contributed by atoms with Gasteiger partial charge in [-0.15, -0.1) is 0 Å². The average Bonchev–Trinajstić information content (AvgIpc) is 2.75. The van der Waals surface area contributed by atoms with Crippen LogP contribution in [0.25, 0.3) is 5.95 Å². The first kappa shape index (κ1) is 10.1. The summed E-state index contributed by atoms with van der Waals surface area (Å²) in [7, 11) is 0. The lowest BCUT2D eigenvalue weighted by atomic mass is 10.4. The highest BCUT2D eigenvalue weighted by Crippen LogP contribution is 2.02. The van der Waals surface area contributed by atoms with E-state index in [-0.39, 0.29) is 5.84 Å². The molecule has 2 aromatic heterocycles. The first-order valence-electron chi connectivity index (χ1n) is 4.54. The normalized spacial score (nSPS) is 11.7. The minimum absolute atomic E-state index is 0.0625. The molecule has 0 saturated heterocycles. The number of amidine groups is 1. The van der Waals surface area contributed by atoms with E-state index < -0.39 is 0 Å². The van der Waals surface area contributed by atoms with E-state index in [1.807, 2.05) is 13.0 Å². The molecule has 2 heterocycles. The molecule has 0 spiro atoms. The Labute approximate surface area is 91.2 Å². The van der Waals surface area contributed by atoms with E-state index in [9.17, 15) is 0 Å². The highest BCUT2D eigenvalue weighted by molar-refractivity contribution is 5.95. The van der Waals surface area contributed by atoms with Crippen molar-refractivity contribution in [2.45, 2.75) is 6.92 Å². The van der Waals surface area contributed by atoms with Crippen LogP contribution < -0.4 is 5.73 Å². The number of hydrogen-bond donors (Lipinski definition) is 2. The van der Waals surface area contributed by atoms with E-state index in [2.05, 4.69) is 20.2 Å². The van der Waals surface area contributed by atoms with E-state index in [1.165, 1.54) is 10.9 Å². The zero-order chi connectivity index (χ0) is 11.5. The molecule has 0 saturated carbocycles. The first-order chi connectivity index (χ1) is 7.70. The molecule has 0 unspecified atom stereocenters. The van der Waals surface area contributed by atoms with Gasteiger partial charge in [0.25, 0.3) is 5.95 Å². The molecule has 82 valence electrons. The summed E-state index contributed by atoms with van der Waals surface area (Å²) in [5, 5.41) is 15.6. The molecule has 0 atom stereocenters. The third-order valence-corrected chi connectivity index (χ3v) is 1.94. The van der Waals surface area contributed by atoms with Crippen molar-refractivity contribution in [3.63, 3.8) is 0 Å². The summed E-state index contributed by atoms with van der Waals surface area (Å²) < 4.78 is 1.52. The van der Waals surface area contributed by atoms with Gasteiger partial charge in [-0.1, -0.05) is 5.16 Å². The minimum Gasteiger partial charge on any atom is -0.409 e. The Kier molecular flexibility index (Phi) is 2.50. The van der Waals surface area contributed by atoms with Crippen LogP contribution in [0.2, 0.25) is 0 Å². The molecular formula is C9H10N6O. The van der Waals surface area contributed by atoms with Crippen LogP contribution in [0.15, 0.2) is 29.7 Å². The van der Waals surface area contributed by atoms with Crippen LogP contribution in [-0.2, 0) is 0 Å². The summed E-state index contributed by atoms with van der Waals surface area (Å²) >= 11 is 0. The number of oxime groups is 1. The lowest BCUT2D eigenvalue weighted by molar-refractivity contribution is 0.318. The quantitative estimate of drug-likeness (QED) is 0.321. The zero-order valence-corrected chi connectivity index (χ0v) is 8.57. The van der Waals surface area contributed by atoms with Gasteiger partial charge >= 0.3 is 0 Å². The molecule has 0 radical (unpaired) electrons. The van der Waals surface area contributed by atoms with Gasteiger partial charge in [-0.3, -0.25) is 0 Å². The van der Waals surface area contributed by atoms with Crippen LogP contribution >= 0.6 is 0 Å². The summed E-state index contributed by atoms with van der Waals surface area (Å²) in [5.74, 6) is 0.310. The summed E-state index contributed by atoms with van der Waals surface area (Å²) in [5.41, 5.74) is 6.63. The minimum atomic E-state index is -0.0625. The lowest BCUT2D eigenvalue weighted by Crippen LogP contribution is -2.16. The second-order valence-electron chi connectivity index (χ2n) is 3.13. The average molecular weight is 218 g/mol. The molecule has 7 heteroatoms. The van der Waals surface area contributed by atoms with Crippen molar-refractivity contribution < 1.29 is 5.21 Å². The van der Waals surface area contributed by atoms with Crippen molar-refractivity contribution in [3.05, 3.63) is 35.9 Å². The van der Waals surface area contributed by atoms with Crippen molar-refractivity contribution in [1.82, 2.24) is 19.7 Å². The predicted molar refractivity (Wildman–Crippen MR) is 56.4 cm³/mol. The maximum absolute atomic E-state index is 8.53. The molecule has 2 aromatic rings. The molecule has 7 nitrogen and oxygen atoms in total. The fourth-order valence-electron chi connectivity index (χ4n) is 1.18. The van der Waals surface area contributed by atoms with Gasteiger partial charge in [-0.05, 0) is 19.1 Å². The molecule has 0 aliphatic rings. The second-order valence-corrected chi connectivity index (χ2v) is 3.13. The summed E-state index contributed by atoms with van der Waals surface area (Å²) in [6.07, 6.45) is 3.26. The van der Waals surface area contributed by atoms with E-state index in [0.717, 1.165) is 5.69 Å².